The number of hydrogen-bond donors (Lipinski definition) is 0. The maximum Gasteiger partial charge on any atom is 0.274 e. The van der Waals surface area contributed by atoms with Crippen molar-refractivity contribution in [3.8, 4) is 0 Å². The molecule has 1 aromatic heterocycles. The first-order valence-corrected chi connectivity index (χ1v) is 13.3. The lowest BCUT2D eigenvalue weighted by molar-refractivity contribution is -0.132. The standard InChI is InChI=1S/C28H39N5O3/c1-18-13-20(3)25(14-19(18)2)30-9-11-31(12-10-30)26(34)17-33-24-8-6-7-23(24)27(29-33)28(35)32-15-21(4)36-22(5)16-32/h13-14,21-22H,6-12,15-17H2,1-5H3/t21-,22+. The Morgan fingerprint density at radius 2 is 1.58 bits per heavy atom. The zero-order chi connectivity index (χ0) is 25.6. The van der Waals surface area contributed by atoms with Crippen LogP contribution in [0.15, 0.2) is 12.1 Å². The van der Waals surface area contributed by atoms with Crippen molar-refractivity contribution in [2.24, 2.45) is 0 Å². The highest BCUT2D eigenvalue weighted by Crippen LogP contribution is 2.28. The number of carbonyl (C=O) groups is 2. The Balaban J connectivity index is 1.26. The molecule has 8 nitrogen and oxygen atoms in total. The van der Waals surface area contributed by atoms with Gasteiger partial charge in [0.2, 0.25) is 5.91 Å². The molecule has 2 amide bonds. The molecule has 5 rings (SSSR count). The third-order valence-corrected chi connectivity index (χ3v) is 7.99. The molecule has 36 heavy (non-hydrogen) atoms. The number of anilines is 1. The summed E-state index contributed by atoms with van der Waals surface area (Å²) in [5.74, 6) is 0.0509. The third kappa shape index (κ3) is 4.75. The lowest BCUT2D eigenvalue weighted by Crippen LogP contribution is -2.50. The normalized spacial score (nSPS) is 22.2. The molecule has 0 saturated carbocycles. The molecule has 0 radical (unpaired) electrons. The van der Waals surface area contributed by atoms with Gasteiger partial charge < -0.3 is 19.4 Å². The molecule has 0 unspecified atom stereocenters. The van der Waals surface area contributed by atoms with Crippen LogP contribution in [-0.4, -0.2) is 82.9 Å². The molecule has 194 valence electrons. The number of aryl methyl sites for hydroxylation is 3. The summed E-state index contributed by atoms with van der Waals surface area (Å²) in [4.78, 5) is 32.9. The van der Waals surface area contributed by atoms with Gasteiger partial charge in [0, 0.05) is 56.2 Å². The first-order chi connectivity index (χ1) is 17.2. The summed E-state index contributed by atoms with van der Waals surface area (Å²) in [7, 11) is 0. The fourth-order valence-corrected chi connectivity index (χ4v) is 6.02. The number of aromatic nitrogens is 2. The van der Waals surface area contributed by atoms with E-state index < -0.39 is 0 Å². The van der Waals surface area contributed by atoms with Crippen LogP contribution in [0.4, 0.5) is 5.69 Å². The fraction of sp³-hybridized carbons (Fsp3) is 0.607. The van der Waals surface area contributed by atoms with Crippen LogP contribution >= 0.6 is 0 Å². The van der Waals surface area contributed by atoms with Crippen molar-refractivity contribution in [3.05, 3.63) is 45.8 Å². The number of amides is 2. The van der Waals surface area contributed by atoms with E-state index in [4.69, 9.17) is 9.84 Å². The summed E-state index contributed by atoms with van der Waals surface area (Å²) in [6.07, 6.45) is 2.76. The van der Waals surface area contributed by atoms with E-state index in [0.717, 1.165) is 43.6 Å². The Morgan fingerprint density at radius 1 is 0.917 bits per heavy atom. The van der Waals surface area contributed by atoms with Gasteiger partial charge in [-0.05, 0) is 76.6 Å². The van der Waals surface area contributed by atoms with Gasteiger partial charge in [-0.1, -0.05) is 6.07 Å². The van der Waals surface area contributed by atoms with E-state index >= 15 is 0 Å². The summed E-state index contributed by atoms with van der Waals surface area (Å²) >= 11 is 0. The molecule has 2 fully saturated rings. The largest absolute Gasteiger partial charge is 0.372 e. The van der Waals surface area contributed by atoms with Crippen molar-refractivity contribution in [3.63, 3.8) is 0 Å². The van der Waals surface area contributed by atoms with E-state index in [0.29, 0.717) is 31.9 Å². The summed E-state index contributed by atoms with van der Waals surface area (Å²) in [6, 6.07) is 4.52. The Labute approximate surface area is 214 Å². The fourth-order valence-electron chi connectivity index (χ4n) is 6.02. The number of benzene rings is 1. The molecule has 8 heteroatoms. The van der Waals surface area contributed by atoms with Crippen molar-refractivity contribution in [2.45, 2.75) is 72.6 Å². The van der Waals surface area contributed by atoms with E-state index in [2.05, 4.69) is 37.8 Å². The monoisotopic (exact) mass is 493 g/mol. The molecule has 1 aliphatic carbocycles. The van der Waals surface area contributed by atoms with Gasteiger partial charge in [-0.25, -0.2) is 0 Å². The van der Waals surface area contributed by atoms with Crippen LogP contribution in [0.5, 0.6) is 0 Å². The molecule has 0 spiro atoms. The minimum Gasteiger partial charge on any atom is -0.372 e. The van der Waals surface area contributed by atoms with E-state index in [1.165, 1.54) is 22.4 Å². The maximum absolute atomic E-state index is 13.4. The van der Waals surface area contributed by atoms with E-state index in [9.17, 15) is 9.59 Å². The van der Waals surface area contributed by atoms with Crippen molar-refractivity contribution < 1.29 is 14.3 Å². The van der Waals surface area contributed by atoms with Gasteiger partial charge in [0.05, 0.1) is 12.2 Å². The minimum atomic E-state index is -0.0290. The second kappa shape index (κ2) is 9.88. The zero-order valence-corrected chi connectivity index (χ0v) is 22.3. The predicted octanol–water partition coefficient (Wildman–Crippen LogP) is 2.90. The second-order valence-electron chi connectivity index (χ2n) is 10.8. The minimum absolute atomic E-state index is 0.0145. The molecule has 0 bridgehead atoms. The molecule has 3 aliphatic rings. The second-order valence-corrected chi connectivity index (χ2v) is 10.8. The Morgan fingerprint density at radius 3 is 2.28 bits per heavy atom. The lowest BCUT2D eigenvalue weighted by Gasteiger charge is -2.37. The highest BCUT2D eigenvalue weighted by atomic mass is 16.5. The molecule has 2 aliphatic heterocycles. The van der Waals surface area contributed by atoms with Crippen molar-refractivity contribution >= 4 is 17.5 Å². The Bertz CT molecular complexity index is 1150. The summed E-state index contributed by atoms with van der Waals surface area (Å²) in [5.41, 5.74) is 7.79. The average molecular weight is 494 g/mol. The zero-order valence-electron chi connectivity index (χ0n) is 22.3. The van der Waals surface area contributed by atoms with Crippen LogP contribution in [0.25, 0.3) is 0 Å². The molecule has 1 aromatic carbocycles. The first kappa shape index (κ1) is 24.8. The van der Waals surface area contributed by atoms with Crippen LogP contribution in [0, 0.1) is 20.8 Å². The van der Waals surface area contributed by atoms with Crippen molar-refractivity contribution in [2.75, 3.05) is 44.2 Å². The summed E-state index contributed by atoms with van der Waals surface area (Å²) in [6.45, 7) is 14.9. The van der Waals surface area contributed by atoms with Crippen LogP contribution in [0.2, 0.25) is 0 Å². The first-order valence-electron chi connectivity index (χ1n) is 13.3. The molecular formula is C28H39N5O3. The topological polar surface area (TPSA) is 70.9 Å². The third-order valence-electron chi connectivity index (χ3n) is 7.99. The number of fused-ring (bicyclic) bond motifs is 1. The van der Waals surface area contributed by atoms with E-state index in [1.54, 1.807) is 0 Å². The highest BCUT2D eigenvalue weighted by Gasteiger charge is 2.33. The van der Waals surface area contributed by atoms with Crippen molar-refractivity contribution in [1.82, 2.24) is 19.6 Å². The van der Waals surface area contributed by atoms with Crippen LogP contribution < -0.4 is 4.90 Å². The van der Waals surface area contributed by atoms with E-state index in [1.807, 2.05) is 28.3 Å². The van der Waals surface area contributed by atoms with Gasteiger partial charge in [-0.2, -0.15) is 5.10 Å². The Hall–Kier alpha value is -2.87. The van der Waals surface area contributed by atoms with Gasteiger partial charge in [0.15, 0.2) is 5.69 Å². The highest BCUT2D eigenvalue weighted by molar-refractivity contribution is 5.94. The molecular weight excluding hydrogens is 454 g/mol. The van der Waals surface area contributed by atoms with Gasteiger partial charge in [-0.15, -0.1) is 0 Å². The van der Waals surface area contributed by atoms with Crippen LogP contribution in [-0.2, 0) is 28.9 Å². The smallest absolute Gasteiger partial charge is 0.274 e. The number of rotatable bonds is 4. The van der Waals surface area contributed by atoms with Crippen LogP contribution in [0.3, 0.4) is 0 Å². The van der Waals surface area contributed by atoms with Gasteiger partial charge in [0.1, 0.15) is 6.54 Å². The lowest BCUT2D eigenvalue weighted by atomic mass is 10.0. The molecule has 2 aromatic rings. The van der Waals surface area contributed by atoms with Crippen molar-refractivity contribution in [1.29, 1.82) is 0 Å². The molecule has 3 heterocycles. The quantitative estimate of drug-likeness (QED) is 0.655. The van der Waals surface area contributed by atoms with Gasteiger partial charge in [-0.3, -0.25) is 14.3 Å². The predicted molar refractivity (Wildman–Crippen MR) is 140 cm³/mol. The summed E-state index contributed by atoms with van der Waals surface area (Å²) in [5, 5.41) is 4.71. The molecule has 2 atom stereocenters. The number of carbonyl (C=O) groups excluding carboxylic acids is 2. The van der Waals surface area contributed by atoms with E-state index in [-0.39, 0.29) is 30.6 Å². The Kier molecular flexibility index (Phi) is 6.81. The number of hydrogen-bond acceptors (Lipinski definition) is 5. The molecule has 2 saturated heterocycles. The number of nitrogens with zero attached hydrogens (tertiary/aromatic N) is 5. The van der Waals surface area contributed by atoms with Gasteiger partial charge >= 0.3 is 0 Å². The van der Waals surface area contributed by atoms with Gasteiger partial charge in [0.25, 0.3) is 5.91 Å². The average Bonchev–Trinajstić information content (AvgIpc) is 3.44. The number of morpholine rings is 1. The summed E-state index contributed by atoms with van der Waals surface area (Å²) < 4.78 is 7.61. The molecule has 0 N–H and O–H groups in total. The number of ether oxygens (including phenoxy) is 1. The van der Waals surface area contributed by atoms with Crippen LogP contribution in [0.1, 0.15) is 58.7 Å². The maximum atomic E-state index is 13.4. The number of piperazine rings is 1. The SMILES string of the molecule is Cc1cc(C)c(N2CCN(C(=O)Cn3nc(C(=O)N4C[C@@H](C)O[C@@H](C)C4)c4c3CCC4)CC2)cc1C.